The second-order valence-corrected chi connectivity index (χ2v) is 10.3. The molecule has 3 aromatic rings. The topological polar surface area (TPSA) is 110 Å². The molecule has 9 nitrogen and oxygen atoms in total. The van der Waals surface area contributed by atoms with E-state index in [1.807, 2.05) is 16.9 Å². The average molecular weight is 513 g/mol. The van der Waals surface area contributed by atoms with E-state index < -0.39 is 28.5 Å². The number of ether oxygens (including phenoxy) is 2. The van der Waals surface area contributed by atoms with Gasteiger partial charge in [0.2, 0.25) is 0 Å². The molecular weight excluding hydrogens is 487 g/mol. The number of benzene rings is 2. The van der Waals surface area contributed by atoms with Crippen LogP contribution in [0.3, 0.4) is 0 Å². The lowest BCUT2D eigenvalue weighted by Gasteiger charge is -2.21. The quantitative estimate of drug-likeness (QED) is 0.452. The van der Waals surface area contributed by atoms with Crippen molar-refractivity contribution in [3.63, 3.8) is 0 Å². The third-order valence-electron chi connectivity index (χ3n) is 6.02. The van der Waals surface area contributed by atoms with Gasteiger partial charge in [-0.15, -0.1) is 0 Å². The fraction of sp³-hybridized carbons (Fsp3) is 0.280. The summed E-state index contributed by atoms with van der Waals surface area (Å²) in [6, 6.07) is 13.9. The van der Waals surface area contributed by atoms with Gasteiger partial charge in [-0.05, 0) is 71.8 Å². The summed E-state index contributed by atoms with van der Waals surface area (Å²) in [6.07, 6.45) is 4.08. The number of carbonyl (C=O) groups excluding carboxylic acids is 1. The molecule has 0 unspecified atom stereocenters. The zero-order valence-corrected chi connectivity index (χ0v) is 20.3. The van der Waals surface area contributed by atoms with Crippen LogP contribution in [0.4, 0.5) is 15.9 Å². The maximum Gasteiger partial charge on any atom is 0.326 e. The Morgan fingerprint density at radius 1 is 1.14 bits per heavy atom. The fourth-order valence-electron chi connectivity index (χ4n) is 4.02. The van der Waals surface area contributed by atoms with E-state index in [0.717, 1.165) is 5.56 Å². The summed E-state index contributed by atoms with van der Waals surface area (Å²) in [4.78, 5) is 16.1. The first kappa shape index (κ1) is 23.9. The van der Waals surface area contributed by atoms with Crippen molar-refractivity contribution in [2.45, 2.75) is 31.9 Å². The smallest absolute Gasteiger partial charge is 0.326 e. The van der Waals surface area contributed by atoms with Gasteiger partial charge in [0.05, 0.1) is 7.11 Å². The molecule has 36 heavy (non-hydrogen) atoms. The molecule has 0 atom stereocenters. The number of amides is 1. The highest BCUT2D eigenvalue weighted by Gasteiger charge is 2.37. The number of carbonyl (C=O) groups is 1. The molecule has 1 aliphatic carbocycles. The van der Waals surface area contributed by atoms with Crippen molar-refractivity contribution >= 4 is 27.6 Å². The van der Waals surface area contributed by atoms with Crippen LogP contribution in [0.15, 0.2) is 54.7 Å². The zero-order chi connectivity index (χ0) is 25.3. The number of aromatic nitrogens is 1. The maximum atomic E-state index is 15.4. The molecule has 0 spiro atoms. The minimum atomic E-state index is -4.23. The van der Waals surface area contributed by atoms with Crippen LogP contribution in [0.1, 0.15) is 35.4 Å². The first-order valence-electron chi connectivity index (χ1n) is 11.4. The highest BCUT2D eigenvalue weighted by atomic mass is 32.2. The molecule has 2 N–H and O–H groups in total. The first-order valence-corrected chi connectivity index (χ1v) is 12.9. The van der Waals surface area contributed by atoms with Crippen LogP contribution >= 0.6 is 0 Å². The number of nitrogens with zero attached hydrogens (tertiary/aromatic N) is 2. The van der Waals surface area contributed by atoms with Crippen LogP contribution in [0.5, 0.6) is 11.5 Å². The lowest BCUT2D eigenvalue weighted by molar-refractivity contribution is -0.117. The number of hydrogen-bond donors (Lipinski definition) is 2. The minimum absolute atomic E-state index is 0.00221. The number of methoxy groups -OCH3 is 1. The monoisotopic (exact) mass is 512 g/mol. The van der Waals surface area contributed by atoms with E-state index in [-0.39, 0.29) is 24.6 Å². The average Bonchev–Trinajstić information content (AvgIpc) is 3.67. The lowest BCUT2D eigenvalue weighted by Crippen LogP contribution is -2.30. The van der Waals surface area contributed by atoms with E-state index in [2.05, 4.69) is 10.3 Å². The minimum Gasteiger partial charge on any atom is -0.497 e. The Balaban J connectivity index is 1.42. The largest absolute Gasteiger partial charge is 0.497 e. The summed E-state index contributed by atoms with van der Waals surface area (Å²) in [7, 11) is -2.67. The Kier molecular flexibility index (Phi) is 6.40. The molecule has 0 radical (unpaired) electrons. The van der Waals surface area contributed by atoms with E-state index in [0.29, 0.717) is 27.4 Å². The number of pyridine rings is 1. The Labute approximate surface area is 208 Å². The third kappa shape index (κ3) is 5.20. The molecule has 0 bridgehead atoms. The van der Waals surface area contributed by atoms with E-state index >= 15 is 4.39 Å². The second kappa shape index (κ2) is 9.65. The van der Waals surface area contributed by atoms with Crippen molar-refractivity contribution in [2.24, 2.45) is 0 Å². The maximum absolute atomic E-state index is 15.4. The molecule has 2 aliphatic rings. The molecule has 2 aromatic carbocycles. The van der Waals surface area contributed by atoms with Crippen LogP contribution in [-0.2, 0) is 28.2 Å². The van der Waals surface area contributed by atoms with Crippen LogP contribution in [-0.4, -0.2) is 33.0 Å². The van der Waals surface area contributed by atoms with E-state index in [1.165, 1.54) is 24.5 Å². The third-order valence-corrected chi connectivity index (χ3v) is 7.40. The molecule has 1 aromatic heterocycles. The molecule has 1 saturated heterocycles. The van der Waals surface area contributed by atoms with Gasteiger partial charge < -0.3 is 14.8 Å². The van der Waals surface area contributed by atoms with Crippen LogP contribution < -0.4 is 23.8 Å². The van der Waals surface area contributed by atoms with Crippen molar-refractivity contribution in [1.29, 1.82) is 0 Å². The van der Waals surface area contributed by atoms with Gasteiger partial charge in [0.15, 0.2) is 5.82 Å². The van der Waals surface area contributed by atoms with Crippen molar-refractivity contribution < 1.29 is 27.1 Å². The highest BCUT2D eigenvalue weighted by Crippen LogP contribution is 2.40. The molecule has 188 valence electrons. The number of rotatable bonds is 9. The van der Waals surface area contributed by atoms with Crippen molar-refractivity contribution in [3.8, 4) is 11.5 Å². The molecule has 2 heterocycles. The van der Waals surface area contributed by atoms with E-state index in [4.69, 9.17) is 9.47 Å². The normalized spacial score (nSPS) is 16.5. The predicted octanol–water partition coefficient (Wildman–Crippen LogP) is 3.48. The van der Waals surface area contributed by atoms with Crippen LogP contribution in [0, 0.1) is 5.82 Å². The Morgan fingerprint density at radius 2 is 1.92 bits per heavy atom. The summed E-state index contributed by atoms with van der Waals surface area (Å²) in [5.41, 5.74) is 2.19. The second-order valence-electron chi connectivity index (χ2n) is 8.70. The lowest BCUT2D eigenvalue weighted by atomic mass is 10.1. The zero-order valence-electron chi connectivity index (χ0n) is 19.5. The number of hydrogen-bond acceptors (Lipinski definition) is 7. The first-order chi connectivity index (χ1) is 17.3. The van der Waals surface area contributed by atoms with Gasteiger partial charge in [0.25, 0.3) is 5.91 Å². The van der Waals surface area contributed by atoms with Gasteiger partial charge in [-0.2, -0.15) is 8.42 Å². The molecule has 1 amide bonds. The SMILES string of the molecule is COc1ccc(COc2cc(CNc3cc(C4CC4)ccn3)cc(F)c2N2CC(=O)NS2(=O)=O)cc1. The Morgan fingerprint density at radius 3 is 2.58 bits per heavy atom. The van der Waals surface area contributed by atoms with Crippen LogP contribution in [0.25, 0.3) is 0 Å². The van der Waals surface area contributed by atoms with E-state index in [9.17, 15) is 13.2 Å². The van der Waals surface area contributed by atoms with Gasteiger partial charge in [-0.1, -0.05) is 12.1 Å². The van der Waals surface area contributed by atoms with E-state index in [1.54, 1.807) is 43.6 Å². The van der Waals surface area contributed by atoms with Gasteiger partial charge >= 0.3 is 10.2 Å². The summed E-state index contributed by atoms with van der Waals surface area (Å²) < 4.78 is 53.9. The fourth-order valence-corrected chi connectivity index (χ4v) is 5.18. The summed E-state index contributed by atoms with van der Waals surface area (Å²) in [5, 5.41) is 3.19. The summed E-state index contributed by atoms with van der Waals surface area (Å²) in [5.74, 6) is 0.346. The molecule has 1 saturated carbocycles. The Hall–Kier alpha value is -3.86. The molecular formula is C25H25FN4O5S. The van der Waals surface area contributed by atoms with Gasteiger partial charge in [-0.3, -0.25) is 4.79 Å². The van der Waals surface area contributed by atoms with Crippen molar-refractivity contribution in [2.75, 3.05) is 23.3 Å². The molecule has 11 heteroatoms. The summed E-state index contributed by atoms with van der Waals surface area (Å²) in [6.45, 7) is -0.248. The number of anilines is 2. The van der Waals surface area contributed by atoms with Gasteiger partial charge in [0, 0.05) is 12.7 Å². The Bertz CT molecular complexity index is 1390. The number of nitrogens with one attached hydrogen (secondary N) is 2. The summed E-state index contributed by atoms with van der Waals surface area (Å²) >= 11 is 0. The van der Waals surface area contributed by atoms with Crippen molar-refractivity contribution in [1.82, 2.24) is 9.71 Å². The van der Waals surface area contributed by atoms with Gasteiger partial charge in [-0.25, -0.2) is 18.4 Å². The van der Waals surface area contributed by atoms with Gasteiger partial charge in [0.1, 0.15) is 36.2 Å². The molecule has 5 rings (SSSR count). The standard InChI is InChI=1S/C25H25FN4O5S/c1-34-20-6-2-16(3-7-20)15-35-22-11-17(13-28-23-12-19(8-9-27-23)18-4-5-18)10-21(26)25(22)30-14-24(31)29-36(30,32)33/h2-3,6-12,18H,4-5,13-15H2,1H3,(H,27,28)(H,29,31). The molecule has 2 fully saturated rings. The highest BCUT2D eigenvalue weighted by molar-refractivity contribution is 7.92. The molecule has 1 aliphatic heterocycles. The van der Waals surface area contributed by atoms with Crippen LogP contribution in [0.2, 0.25) is 0 Å². The predicted molar refractivity (Wildman–Crippen MR) is 132 cm³/mol. The number of halogens is 1. The van der Waals surface area contributed by atoms with Crippen molar-refractivity contribution in [3.05, 3.63) is 77.2 Å².